The number of carbonyl (C=O) groups excluding carboxylic acids is 1. The number of hydrogen-bond acceptors (Lipinski definition) is 2. The predicted octanol–water partition coefficient (Wildman–Crippen LogP) is 1.16. The van der Waals surface area contributed by atoms with Crippen molar-refractivity contribution in [2.24, 2.45) is 0 Å². The van der Waals surface area contributed by atoms with Crippen molar-refractivity contribution < 1.29 is 9.18 Å². The van der Waals surface area contributed by atoms with E-state index in [1.165, 1.54) is 6.07 Å². The largest absolute Gasteiger partial charge is 0.285 e. The number of rotatable bonds is 1. The summed E-state index contributed by atoms with van der Waals surface area (Å²) in [5.41, 5.74) is 0.0498. The molecule has 0 unspecified atom stereocenters. The molecule has 0 bridgehead atoms. The topological polar surface area (TPSA) is 40.9 Å². The van der Waals surface area contributed by atoms with Gasteiger partial charge in [-0.25, -0.2) is 4.39 Å². The molecule has 11 heavy (non-hydrogen) atoms. The molecule has 0 aliphatic carbocycles. The molecule has 3 heteroatoms. The van der Waals surface area contributed by atoms with Gasteiger partial charge < -0.3 is 0 Å². The fourth-order valence-electron chi connectivity index (χ4n) is 0.674. The normalized spacial score (nSPS) is 8.73. The summed E-state index contributed by atoms with van der Waals surface area (Å²) in [4.78, 5) is 10.0. The van der Waals surface area contributed by atoms with Gasteiger partial charge in [0, 0.05) is 5.56 Å². The van der Waals surface area contributed by atoms with Crippen LogP contribution >= 0.6 is 0 Å². The Morgan fingerprint density at radius 3 is 2.73 bits per heavy atom. The summed E-state index contributed by atoms with van der Waals surface area (Å²) >= 11 is 0. The number of nitrogens with zero attached hydrogens (tertiary/aromatic N) is 1. The summed E-state index contributed by atoms with van der Waals surface area (Å²) < 4.78 is 12.6. The average molecular weight is 148 g/mol. The Labute approximate surface area is 62.9 Å². The van der Waals surface area contributed by atoms with Crippen molar-refractivity contribution in [3.05, 3.63) is 35.1 Å². The summed E-state index contributed by atoms with van der Waals surface area (Å²) in [5, 5.41) is 8.32. The second-order valence-electron chi connectivity index (χ2n) is 1.91. The fourth-order valence-corrected chi connectivity index (χ4v) is 0.674. The lowest BCUT2D eigenvalue weighted by Gasteiger charge is -1.91. The zero-order chi connectivity index (χ0) is 8.27. The van der Waals surface area contributed by atoms with Gasteiger partial charge in [0.25, 0.3) is 0 Å². The third-order valence-corrected chi connectivity index (χ3v) is 1.20. The predicted molar refractivity (Wildman–Crippen MR) is 35.9 cm³/mol. The first-order valence-electron chi connectivity index (χ1n) is 2.85. The second kappa shape index (κ2) is 2.93. The van der Waals surface area contributed by atoms with Crippen LogP contribution in [0.15, 0.2) is 18.2 Å². The van der Waals surface area contributed by atoms with Crippen LogP contribution in [0, 0.1) is 17.1 Å². The van der Waals surface area contributed by atoms with Crippen molar-refractivity contribution in [2.75, 3.05) is 0 Å². The van der Waals surface area contributed by atoms with Crippen molar-refractivity contribution >= 4 is 6.29 Å². The van der Waals surface area contributed by atoms with Crippen LogP contribution in [-0.2, 0) is 4.79 Å². The van der Waals surface area contributed by atoms with Gasteiger partial charge in [-0.3, -0.25) is 4.79 Å². The van der Waals surface area contributed by atoms with Crippen molar-refractivity contribution in [3.63, 3.8) is 0 Å². The molecule has 0 heterocycles. The second-order valence-corrected chi connectivity index (χ2v) is 1.91. The molecule has 0 saturated carbocycles. The molecular formula is C8H3FNO. The van der Waals surface area contributed by atoms with Gasteiger partial charge in [0.05, 0.1) is 5.56 Å². The highest BCUT2D eigenvalue weighted by molar-refractivity contribution is 5.75. The molecule has 0 amide bonds. The van der Waals surface area contributed by atoms with E-state index < -0.39 is 5.82 Å². The number of benzene rings is 1. The van der Waals surface area contributed by atoms with E-state index in [0.717, 1.165) is 12.1 Å². The highest BCUT2D eigenvalue weighted by Crippen LogP contribution is 2.07. The maximum Gasteiger partial charge on any atom is 0.233 e. The van der Waals surface area contributed by atoms with Crippen LogP contribution in [0.4, 0.5) is 4.39 Å². The number of halogens is 1. The van der Waals surface area contributed by atoms with E-state index >= 15 is 0 Å². The van der Waals surface area contributed by atoms with Crippen LogP contribution in [0.1, 0.15) is 11.1 Å². The minimum Gasteiger partial charge on any atom is -0.285 e. The molecule has 0 atom stereocenters. The zero-order valence-electron chi connectivity index (χ0n) is 5.47. The quantitative estimate of drug-likeness (QED) is 0.599. The lowest BCUT2D eigenvalue weighted by Crippen LogP contribution is -1.86. The van der Waals surface area contributed by atoms with Crippen LogP contribution in [0.2, 0.25) is 0 Å². The Kier molecular flexibility index (Phi) is 1.98. The molecule has 0 aliphatic rings. The van der Waals surface area contributed by atoms with Crippen molar-refractivity contribution in [1.82, 2.24) is 0 Å². The molecule has 0 fully saturated rings. The van der Waals surface area contributed by atoms with Gasteiger partial charge in [-0.15, -0.1) is 0 Å². The van der Waals surface area contributed by atoms with E-state index in [-0.39, 0.29) is 11.1 Å². The lowest BCUT2D eigenvalue weighted by atomic mass is 10.1. The highest BCUT2D eigenvalue weighted by atomic mass is 19.1. The molecule has 0 saturated heterocycles. The molecule has 1 aromatic rings. The number of hydrogen-bond donors (Lipinski definition) is 0. The molecule has 1 radical (unpaired) electrons. The van der Waals surface area contributed by atoms with E-state index in [1.54, 1.807) is 12.4 Å². The third kappa shape index (κ3) is 1.41. The van der Waals surface area contributed by atoms with Crippen LogP contribution in [0.5, 0.6) is 0 Å². The molecule has 2 nitrogen and oxygen atoms in total. The summed E-state index contributed by atoms with van der Waals surface area (Å²) in [7, 11) is 0. The van der Waals surface area contributed by atoms with Gasteiger partial charge in [0.15, 0.2) is 0 Å². The fraction of sp³-hybridized carbons (Fsp3) is 0. The molecule has 1 rings (SSSR count). The minimum atomic E-state index is -0.619. The Balaban J connectivity index is 3.25. The SMILES string of the molecule is N#Cc1cc([C]=O)ccc1F. The maximum absolute atomic E-state index is 12.6. The molecule has 0 aliphatic heterocycles. The Bertz CT molecular complexity index is 327. The first kappa shape index (κ1) is 7.42. The summed E-state index contributed by atoms with van der Waals surface area (Å²) in [6.07, 6.45) is 1.56. The Morgan fingerprint density at radius 2 is 2.18 bits per heavy atom. The van der Waals surface area contributed by atoms with Gasteiger partial charge in [-0.05, 0) is 18.2 Å². The molecule has 53 valence electrons. The van der Waals surface area contributed by atoms with Crippen LogP contribution in [0.3, 0.4) is 0 Å². The van der Waals surface area contributed by atoms with Crippen LogP contribution in [0.25, 0.3) is 0 Å². The molecule has 0 N–H and O–H groups in total. The van der Waals surface area contributed by atoms with E-state index in [0.29, 0.717) is 0 Å². The number of nitriles is 1. The van der Waals surface area contributed by atoms with E-state index in [9.17, 15) is 9.18 Å². The zero-order valence-corrected chi connectivity index (χ0v) is 5.47. The van der Waals surface area contributed by atoms with Gasteiger partial charge >= 0.3 is 0 Å². The standard InChI is InChI=1S/C8H3FNO/c9-8-2-1-6(5-11)3-7(8)4-10/h1-3H. The minimum absolute atomic E-state index is 0.133. The summed E-state index contributed by atoms with van der Waals surface area (Å²) in [5.74, 6) is -0.619. The molecular weight excluding hydrogens is 145 g/mol. The van der Waals surface area contributed by atoms with Gasteiger partial charge in [-0.1, -0.05) is 0 Å². The Hall–Kier alpha value is -1.69. The third-order valence-electron chi connectivity index (χ3n) is 1.20. The van der Waals surface area contributed by atoms with Crippen molar-refractivity contribution in [3.8, 4) is 6.07 Å². The first-order valence-corrected chi connectivity index (χ1v) is 2.85. The molecule has 0 spiro atoms. The van der Waals surface area contributed by atoms with Gasteiger partial charge in [-0.2, -0.15) is 5.26 Å². The molecule has 1 aromatic carbocycles. The monoisotopic (exact) mass is 148 g/mol. The van der Waals surface area contributed by atoms with Gasteiger partial charge in [0.1, 0.15) is 11.9 Å². The summed E-state index contributed by atoms with van der Waals surface area (Å²) in [6.45, 7) is 0. The van der Waals surface area contributed by atoms with Crippen molar-refractivity contribution in [1.29, 1.82) is 5.26 Å². The lowest BCUT2D eigenvalue weighted by molar-refractivity contribution is 0.562. The molecule has 0 aromatic heterocycles. The maximum atomic E-state index is 12.6. The first-order chi connectivity index (χ1) is 5.27. The van der Waals surface area contributed by atoms with Gasteiger partial charge in [0.2, 0.25) is 6.29 Å². The van der Waals surface area contributed by atoms with Crippen LogP contribution < -0.4 is 0 Å². The van der Waals surface area contributed by atoms with E-state index in [2.05, 4.69) is 0 Å². The smallest absolute Gasteiger partial charge is 0.233 e. The summed E-state index contributed by atoms with van der Waals surface area (Å²) in [6, 6.07) is 5.11. The van der Waals surface area contributed by atoms with Crippen molar-refractivity contribution in [2.45, 2.75) is 0 Å². The van der Waals surface area contributed by atoms with Crippen LogP contribution in [-0.4, -0.2) is 6.29 Å². The Morgan fingerprint density at radius 1 is 1.45 bits per heavy atom. The highest BCUT2D eigenvalue weighted by Gasteiger charge is 2.01. The van der Waals surface area contributed by atoms with E-state index in [4.69, 9.17) is 5.26 Å². The average Bonchev–Trinajstić information content (AvgIpc) is 2.05. The van der Waals surface area contributed by atoms with E-state index in [1.807, 2.05) is 0 Å².